The minimum Gasteiger partial charge on any atom is -0.360 e. The lowest BCUT2D eigenvalue weighted by atomic mass is 10.2. The molecule has 3 aromatic heterocycles. The van der Waals surface area contributed by atoms with Crippen LogP contribution in [0.3, 0.4) is 0 Å². The van der Waals surface area contributed by atoms with Crippen molar-refractivity contribution in [2.45, 2.75) is 6.92 Å². The molecule has 3 heterocycles. The molecule has 0 atom stereocenters. The third-order valence-electron chi connectivity index (χ3n) is 3.39. The van der Waals surface area contributed by atoms with Crippen LogP contribution in [-0.4, -0.2) is 50.0 Å². The van der Waals surface area contributed by atoms with E-state index in [0.29, 0.717) is 23.0 Å². The molecule has 0 fully saturated rings. The number of carbonyl (C=O) groups excluding carboxylic acids is 2. The first kappa shape index (κ1) is 16.4. The van der Waals surface area contributed by atoms with Gasteiger partial charge >= 0.3 is 0 Å². The summed E-state index contributed by atoms with van der Waals surface area (Å²) in [6.45, 7) is 1.60. The van der Waals surface area contributed by atoms with Crippen molar-refractivity contribution in [1.29, 1.82) is 0 Å². The molecule has 0 spiro atoms. The Labute approximate surface area is 143 Å². The van der Waals surface area contributed by atoms with Crippen LogP contribution in [-0.2, 0) is 4.79 Å². The Hall–Kier alpha value is -3.49. The van der Waals surface area contributed by atoms with Crippen molar-refractivity contribution in [3.05, 3.63) is 54.4 Å². The van der Waals surface area contributed by atoms with Gasteiger partial charge in [-0.3, -0.25) is 14.2 Å². The molecule has 0 aromatic carbocycles. The number of hydrogen-bond donors (Lipinski definition) is 1. The van der Waals surface area contributed by atoms with Crippen molar-refractivity contribution in [3.8, 4) is 5.82 Å². The summed E-state index contributed by atoms with van der Waals surface area (Å²) in [4.78, 5) is 33.8. The molecule has 9 nitrogen and oxygen atoms in total. The second kappa shape index (κ2) is 6.95. The van der Waals surface area contributed by atoms with Crippen molar-refractivity contribution >= 4 is 17.6 Å². The van der Waals surface area contributed by atoms with Gasteiger partial charge in [-0.05, 0) is 19.1 Å². The molecular formula is C16H16N6O3. The van der Waals surface area contributed by atoms with Crippen molar-refractivity contribution in [2.75, 3.05) is 18.9 Å². The van der Waals surface area contributed by atoms with E-state index in [0.717, 1.165) is 0 Å². The Kier molecular flexibility index (Phi) is 4.55. The van der Waals surface area contributed by atoms with Gasteiger partial charge in [0.25, 0.3) is 5.91 Å². The van der Waals surface area contributed by atoms with E-state index in [9.17, 15) is 9.59 Å². The van der Waals surface area contributed by atoms with E-state index in [4.69, 9.17) is 4.52 Å². The van der Waals surface area contributed by atoms with Crippen LogP contribution in [0.4, 0.5) is 5.82 Å². The smallest absolute Gasteiger partial charge is 0.255 e. The summed E-state index contributed by atoms with van der Waals surface area (Å²) < 4.78 is 6.60. The monoisotopic (exact) mass is 340 g/mol. The molecule has 1 N–H and O–H groups in total. The van der Waals surface area contributed by atoms with Crippen molar-refractivity contribution in [2.24, 2.45) is 0 Å². The number of amides is 2. The molecule has 128 valence electrons. The van der Waals surface area contributed by atoms with Gasteiger partial charge in [-0.2, -0.15) is 0 Å². The van der Waals surface area contributed by atoms with Gasteiger partial charge in [0, 0.05) is 31.7 Å². The number of imidazole rings is 1. The van der Waals surface area contributed by atoms with E-state index < -0.39 is 0 Å². The van der Waals surface area contributed by atoms with Crippen LogP contribution in [0.25, 0.3) is 5.82 Å². The van der Waals surface area contributed by atoms with Crippen molar-refractivity contribution in [3.63, 3.8) is 0 Å². The van der Waals surface area contributed by atoms with E-state index in [2.05, 4.69) is 20.4 Å². The summed E-state index contributed by atoms with van der Waals surface area (Å²) in [7, 11) is 1.54. The number of pyridine rings is 1. The Balaban J connectivity index is 1.60. The van der Waals surface area contributed by atoms with E-state index in [-0.39, 0.29) is 18.4 Å². The highest BCUT2D eigenvalue weighted by Gasteiger charge is 2.16. The molecule has 9 heteroatoms. The maximum absolute atomic E-state index is 12.4. The molecule has 0 bridgehead atoms. The number of hydrogen-bond acceptors (Lipinski definition) is 6. The first-order chi connectivity index (χ1) is 12.0. The van der Waals surface area contributed by atoms with Crippen molar-refractivity contribution in [1.82, 2.24) is 24.6 Å². The molecular weight excluding hydrogens is 324 g/mol. The summed E-state index contributed by atoms with van der Waals surface area (Å²) in [6, 6.07) is 4.96. The summed E-state index contributed by atoms with van der Waals surface area (Å²) in [5.41, 5.74) is 0.386. The fraction of sp³-hybridized carbons (Fsp3) is 0.188. The van der Waals surface area contributed by atoms with Crippen LogP contribution < -0.4 is 5.32 Å². The fourth-order valence-corrected chi connectivity index (χ4v) is 2.18. The first-order valence-corrected chi connectivity index (χ1v) is 7.46. The number of aryl methyl sites for hydroxylation is 1. The molecule has 2 amide bonds. The lowest BCUT2D eigenvalue weighted by molar-refractivity contribution is -0.116. The SMILES string of the molecule is Cc1cc(NC(=O)CN(C)C(=O)c2ccc(-n3ccnc3)nc2)no1. The molecule has 0 unspecified atom stereocenters. The predicted molar refractivity (Wildman–Crippen MR) is 88.2 cm³/mol. The Morgan fingerprint density at radius 1 is 1.36 bits per heavy atom. The zero-order valence-corrected chi connectivity index (χ0v) is 13.7. The maximum atomic E-state index is 12.4. The molecule has 0 aliphatic rings. The van der Waals surface area contributed by atoms with Gasteiger partial charge in [0.15, 0.2) is 5.82 Å². The molecule has 25 heavy (non-hydrogen) atoms. The minimum atomic E-state index is -0.368. The number of likely N-dealkylation sites (N-methyl/N-ethyl adjacent to an activating group) is 1. The van der Waals surface area contributed by atoms with Gasteiger partial charge in [0.1, 0.15) is 17.9 Å². The minimum absolute atomic E-state index is 0.117. The number of anilines is 1. The van der Waals surface area contributed by atoms with Crippen LogP contribution in [0.15, 0.2) is 47.6 Å². The molecule has 0 saturated carbocycles. The van der Waals surface area contributed by atoms with Gasteiger partial charge in [-0.1, -0.05) is 5.16 Å². The first-order valence-electron chi connectivity index (χ1n) is 7.46. The summed E-state index contributed by atoms with van der Waals surface area (Å²) in [5.74, 6) is 0.873. The highest BCUT2D eigenvalue weighted by Crippen LogP contribution is 2.09. The third kappa shape index (κ3) is 3.89. The second-order valence-corrected chi connectivity index (χ2v) is 5.41. The third-order valence-corrected chi connectivity index (χ3v) is 3.39. The number of nitrogens with one attached hydrogen (secondary N) is 1. The summed E-state index contributed by atoms with van der Waals surface area (Å²) >= 11 is 0. The second-order valence-electron chi connectivity index (χ2n) is 5.41. The number of nitrogens with zero attached hydrogens (tertiary/aromatic N) is 5. The molecule has 3 rings (SSSR count). The average Bonchev–Trinajstić information content (AvgIpc) is 3.26. The van der Waals surface area contributed by atoms with E-state index in [1.807, 2.05) is 0 Å². The topological polar surface area (TPSA) is 106 Å². The van der Waals surface area contributed by atoms with Crippen LogP contribution in [0.5, 0.6) is 0 Å². The standard InChI is InChI=1S/C16H16N6O3/c1-11-7-13(20-25-11)19-15(23)9-21(2)16(24)12-3-4-14(18-8-12)22-6-5-17-10-22/h3-8,10H,9H2,1-2H3,(H,19,20,23). The highest BCUT2D eigenvalue weighted by atomic mass is 16.5. The van der Waals surface area contributed by atoms with Crippen LogP contribution in [0.1, 0.15) is 16.1 Å². The molecule has 0 aliphatic heterocycles. The van der Waals surface area contributed by atoms with Crippen LogP contribution in [0.2, 0.25) is 0 Å². The van der Waals surface area contributed by atoms with Gasteiger partial charge in [-0.25, -0.2) is 9.97 Å². The predicted octanol–water partition coefficient (Wildman–Crippen LogP) is 1.27. The number of carbonyl (C=O) groups is 2. The van der Waals surface area contributed by atoms with Gasteiger partial charge in [0.05, 0.1) is 12.1 Å². The molecule has 0 aliphatic carbocycles. The zero-order chi connectivity index (χ0) is 17.8. The number of aromatic nitrogens is 4. The largest absolute Gasteiger partial charge is 0.360 e. The fourth-order valence-electron chi connectivity index (χ4n) is 2.18. The van der Waals surface area contributed by atoms with Gasteiger partial charge in [0.2, 0.25) is 5.91 Å². The highest BCUT2D eigenvalue weighted by molar-refractivity contribution is 5.98. The van der Waals surface area contributed by atoms with Crippen LogP contribution >= 0.6 is 0 Å². The Bertz CT molecular complexity index is 870. The molecule has 3 aromatic rings. The molecule has 0 saturated heterocycles. The zero-order valence-electron chi connectivity index (χ0n) is 13.7. The normalized spacial score (nSPS) is 10.5. The van der Waals surface area contributed by atoms with Gasteiger partial charge in [-0.15, -0.1) is 0 Å². The summed E-state index contributed by atoms with van der Waals surface area (Å²) in [6.07, 6.45) is 6.48. The summed E-state index contributed by atoms with van der Waals surface area (Å²) in [5, 5.41) is 6.24. The maximum Gasteiger partial charge on any atom is 0.255 e. The van der Waals surface area contributed by atoms with E-state index >= 15 is 0 Å². The lowest BCUT2D eigenvalue weighted by Crippen LogP contribution is -2.35. The Morgan fingerprint density at radius 2 is 2.20 bits per heavy atom. The molecule has 0 radical (unpaired) electrons. The van der Waals surface area contributed by atoms with Crippen LogP contribution in [0, 0.1) is 6.92 Å². The van der Waals surface area contributed by atoms with Gasteiger partial charge < -0.3 is 14.7 Å². The number of rotatable bonds is 5. The Morgan fingerprint density at radius 3 is 2.80 bits per heavy atom. The van der Waals surface area contributed by atoms with Crippen molar-refractivity contribution < 1.29 is 14.1 Å². The quantitative estimate of drug-likeness (QED) is 0.750. The lowest BCUT2D eigenvalue weighted by Gasteiger charge is -2.16. The average molecular weight is 340 g/mol. The van der Waals surface area contributed by atoms with E-state index in [1.54, 1.807) is 55.5 Å². The van der Waals surface area contributed by atoms with E-state index in [1.165, 1.54) is 11.1 Å².